The van der Waals surface area contributed by atoms with E-state index in [1.54, 1.807) is 0 Å². The molecule has 2 heteroatoms. The third kappa shape index (κ3) is 4.08. The zero-order valence-electron chi connectivity index (χ0n) is 12.0. The lowest BCUT2D eigenvalue weighted by Crippen LogP contribution is -2.44. The Hall–Kier alpha value is -0.390. The van der Waals surface area contributed by atoms with Crippen LogP contribution in [0, 0.1) is 0 Å². The van der Waals surface area contributed by atoms with Gasteiger partial charge in [-0.25, -0.2) is 0 Å². The highest BCUT2D eigenvalue weighted by molar-refractivity contribution is 7.19. The molecule has 3 atom stereocenters. The van der Waals surface area contributed by atoms with Crippen molar-refractivity contribution in [3.8, 4) is 0 Å². The van der Waals surface area contributed by atoms with Gasteiger partial charge in [0.05, 0.1) is 0 Å². The van der Waals surface area contributed by atoms with E-state index in [1.807, 2.05) is 0 Å². The predicted octanol–water partition coefficient (Wildman–Crippen LogP) is 3.79. The first-order valence-electron chi connectivity index (χ1n) is 6.24. The van der Waals surface area contributed by atoms with E-state index in [0.717, 1.165) is 0 Å². The number of hydrogen-bond acceptors (Lipinski definition) is 1. The molecule has 0 aromatic carbocycles. The van der Waals surface area contributed by atoms with Gasteiger partial charge in [0.1, 0.15) is 0 Å². The van der Waals surface area contributed by atoms with Crippen LogP contribution in [0.2, 0.25) is 0 Å². The molecule has 1 aliphatic rings. The van der Waals surface area contributed by atoms with Gasteiger partial charge in [0, 0.05) is 16.7 Å². The van der Waals surface area contributed by atoms with Gasteiger partial charge in [0.25, 0.3) is 0 Å². The molecule has 1 rings (SSSR count). The molecular formula is C15H26NP. The van der Waals surface area contributed by atoms with Crippen LogP contribution in [0.3, 0.4) is 0 Å². The predicted molar refractivity (Wildman–Crippen MR) is 81.5 cm³/mol. The summed E-state index contributed by atoms with van der Waals surface area (Å²) in [6.07, 6.45) is 11.1. The Morgan fingerprint density at radius 1 is 1.29 bits per heavy atom. The fourth-order valence-corrected chi connectivity index (χ4v) is 2.04. The summed E-state index contributed by atoms with van der Waals surface area (Å²) in [4.78, 5) is 2.41. The number of rotatable bonds is 2. The molecule has 0 saturated heterocycles. The monoisotopic (exact) mass is 251 g/mol. The maximum Gasteiger partial charge on any atom is 0.0321 e. The molecule has 0 fully saturated rings. The molecule has 0 heterocycles. The van der Waals surface area contributed by atoms with Gasteiger partial charge in [-0.05, 0) is 47.2 Å². The Bertz CT molecular complexity index is 356. The largest absolute Gasteiger partial charge is 0.295 e. The minimum absolute atomic E-state index is 0.0816. The molecule has 0 bridgehead atoms. The van der Waals surface area contributed by atoms with Gasteiger partial charge in [0.2, 0.25) is 0 Å². The van der Waals surface area contributed by atoms with Gasteiger partial charge < -0.3 is 0 Å². The fourth-order valence-electron chi connectivity index (χ4n) is 1.84. The normalized spacial score (nSPS) is 26.9. The van der Waals surface area contributed by atoms with Gasteiger partial charge in [-0.3, -0.25) is 4.90 Å². The van der Waals surface area contributed by atoms with Crippen LogP contribution >= 0.6 is 9.24 Å². The summed E-state index contributed by atoms with van der Waals surface area (Å²) in [6, 6.07) is 0.426. The minimum atomic E-state index is 0.0816. The van der Waals surface area contributed by atoms with E-state index in [-0.39, 0.29) is 10.7 Å². The van der Waals surface area contributed by atoms with E-state index in [9.17, 15) is 0 Å². The summed E-state index contributed by atoms with van der Waals surface area (Å²) < 4.78 is 0. The average Bonchev–Trinajstić information content (AvgIpc) is 2.36. The summed E-state index contributed by atoms with van der Waals surface area (Å²) in [5.41, 5.74) is 1.55. The van der Waals surface area contributed by atoms with Crippen molar-refractivity contribution in [2.24, 2.45) is 0 Å². The minimum Gasteiger partial charge on any atom is -0.295 e. The zero-order chi connectivity index (χ0) is 13.3. The second kappa shape index (κ2) is 5.08. The highest BCUT2D eigenvalue weighted by Gasteiger charge is 2.24. The molecule has 3 unspecified atom stereocenters. The van der Waals surface area contributed by atoms with Crippen molar-refractivity contribution >= 4 is 9.24 Å². The summed E-state index contributed by atoms with van der Waals surface area (Å²) in [6.45, 7) is 11.2. The fraction of sp³-hybridized carbons (Fsp3) is 0.600. The molecule has 0 N–H and O–H groups in total. The van der Waals surface area contributed by atoms with Gasteiger partial charge in [-0.1, -0.05) is 30.4 Å². The summed E-state index contributed by atoms with van der Waals surface area (Å²) >= 11 is 0. The van der Waals surface area contributed by atoms with Crippen molar-refractivity contribution < 1.29 is 0 Å². The molecule has 0 aromatic heterocycles. The lowest BCUT2D eigenvalue weighted by atomic mass is 9.99. The van der Waals surface area contributed by atoms with Crippen molar-refractivity contribution in [2.75, 3.05) is 7.05 Å². The van der Waals surface area contributed by atoms with Crippen molar-refractivity contribution in [3.63, 3.8) is 0 Å². The van der Waals surface area contributed by atoms with Crippen molar-refractivity contribution in [1.82, 2.24) is 4.90 Å². The van der Waals surface area contributed by atoms with E-state index in [4.69, 9.17) is 0 Å². The first-order valence-corrected chi connectivity index (χ1v) is 6.82. The molecular weight excluding hydrogens is 225 g/mol. The first-order chi connectivity index (χ1) is 7.63. The average molecular weight is 251 g/mol. The van der Waals surface area contributed by atoms with Crippen LogP contribution in [-0.4, -0.2) is 28.7 Å². The highest BCUT2D eigenvalue weighted by Crippen LogP contribution is 2.27. The molecule has 0 aromatic rings. The Labute approximate surface area is 109 Å². The lowest BCUT2D eigenvalue weighted by Gasteiger charge is -2.37. The van der Waals surface area contributed by atoms with Crippen molar-refractivity contribution in [2.45, 2.75) is 51.4 Å². The maximum atomic E-state index is 2.87. The van der Waals surface area contributed by atoms with E-state index >= 15 is 0 Å². The van der Waals surface area contributed by atoms with Crippen LogP contribution < -0.4 is 0 Å². The van der Waals surface area contributed by atoms with E-state index in [2.05, 4.69) is 86.2 Å². The van der Waals surface area contributed by atoms with Crippen LogP contribution in [0.4, 0.5) is 0 Å². The van der Waals surface area contributed by atoms with Gasteiger partial charge in [0.15, 0.2) is 0 Å². The van der Waals surface area contributed by atoms with E-state index < -0.39 is 0 Å². The number of allylic oxidation sites excluding steroid dienone is 4. The molecule has 1 nitrogen and oxygen atoms in total. The van der Waals surface area contributed by atoms with Crippen LogP contribution in [0.1, 0.15) is 34.6 Å². The summed E-state index contributed by atoms with van der Waals surface area (Å²) in [5.74, 6) is 0. The second-order valence-electron chi connectivity index (χ2n) is 6.18. The van der Waals surface area contributed by atoms with Crippen LogP contribution in [0.25, 0.3) is 0 Å². The van der Waals surface area contributed by atoms with Crippen molar-refractivity contribution in [3.05, 3.63) is 36.0 Å². The van der Waals surface area contributed by atoms with Crippen LogP contribution in [0.5, 0.6) is 0 Å². The number of likely N-dealkylation sites (N-methyl/N-ethyl adjacent to an activating group) is 1. The van der Waals surface area contributed by atoms with Crippen LogP contribution in [-0.2, 0) is 0 Å². The molecule has 1 aliphatic carbocycles. The van der Waals surface area contributed by atoms with E-state index in [0.29, 0.717) is 6.04 Å². The Morgan fingerprint density at radius 2 is 1.88 bits per heavy atom. The van der Waals surface area contributed by atoms with Gasteiger partial charge in [-0.2, -0.15) is 0 Å². The smallest absolute Gasteiger partial charge is 0.0321 e. The molecule has 0 spiro atoms. The quantitative estimate of drug-likeness (QED) is 0.675. The standard InChI is InChI=1S/C15H26NP/c1-12(16(6)14(2,3)4)13-8-7-10-15(5,17)11-9-13/h7-12H,17H2,1-6H3. The van der Waals surface area contributed by atoms with Crippen molar-refractivity contribution in [1.29, 1.82) is 0 Å². The Kier molecular flexibility index (Phi) is 4.38. The molecule has 0 aliphatic heterocycles. The number of hydrogen-bond donors (Lipinski definition) is 0. The van der Waals surface area contributed by atoms with Crippen LogP contribution in [0.15, 0.2) is 36.0 Å². The van der Waals surface area contributed by atoms with Gasteiger partial charge >= 0.3 is 0 Å². The van der Waals surface area contributed by atoms with E-state index in [1.165, 1.54) is 5.57 Å². The second-order valence-corrected chi connectivity index (χ2v) is 7.43. The summed E-state index contributed by atoms with van der Waals surface area (Å²) in [7, 11) is 5.06. The zero-order valence-corrected chi connectivity index (χ0v) is 13.1. The molecule has 96 valence electrons. The molecule has 17 heavy (non-hydrogen) atoms. The third-order valence-corrected chi connectivity index (χ3v) is 3.89. The Balaban J connectivity index is 2.89. The summed E-state index contributed by atoms with van der Waals surface area (Å²) in [5, 5.41) is 0.0816. The highest BCUT2D eigenvalue weighted by atomic mass is 31.0. The Morgan fingerprint density at radius 3 is 2.41 bits per heavy atom. The lowest BCUT2D eigenvalue weighted by molar-refractivity contribution is 0.146. The number of nitrogens with zero attached hydrogens (tertiary/aromatic N) is 1. The SMILES string of the molecule is CC(C1=CC=CC(C)(P)C=C1)N(C)C(C)(C)C. The third-order valence-electron chi connectivity index (χ3n) is 3.50. The molecule has 0 amide bonds. The van der Waals surface area contributed by atoms with Gasteiger partial charge in [-0.15, -0.1) is 9.24 Å². The topological polar surface area (TPSA) is 3.24 Å². The first kappa shape index (κ1) is 14.7. The maximum absolute atomic E-state index is 2.87. The molecule has 0 radical (unpaired) electrons. The molecule has 0 saturated carbocycles.